The largest absolute Gasteiger partial charge is 0.492 e. The van der Waals surface area contributed by atoms with E-state index in [1.54, 1.807) is 0 Å². The van der Waals surface area contributed by atoms with Gasteiger partial charge in [-0.2, -0.15) is 0 Å². The maximum absolute atomic E-state index is 12.4. The van der Waals surface area contributed by atoms with Crippen molar-refractivity contribution in [2.24, 2.45) is 5.92 Å². The molecule has 1 aromatic rings. The number of ether oxygens (including phenoxy) is 1. The maximum atomic E-state index is 12.4. The van der Waals surface area contributed by atoms with E-state index in [9.17, 15) is 4.79 Å². The molecule has 6 heteroatoms. The van der Waals surface area contributed by atoms with E-state index >= 15 is 0 Å². The molecule has 4 nitrogen and oxygen atoms in total. The molecule has 1 unspecified atom stereocenters. The smallest absolute Gasteiger partial charge is 0.229 e. The Labute approximate surface area is 129 Å². The summed E-state index contributed by atoms with van der Waals surface area (Å²) in [5.41, 5.74) is 1.03. The Kier molecular flexibility index (Phi) is 5.13. The molecular weight excluding hydrogens is 299 g/mol. The molecule has 0 radical (unpaired) electrons. The third-order valence-electron chi connectivity index (χ3n) is 3.71. The molecule has 0 spiro atoms. The van der Waals surface area contributed by atoms with Crippen LogP contribution in [0.3, 0.4) is 0 Å². The van der Waals surface area contributed by atoms with Crippen LogP contribution in [0.25, 0.3) is 0 Å². The Morgan fingerprint density at radius 3 is 2.85 bits per heavy atom. The van der Waals surface area contributed by atoms with Crippen molar-refractivity contribution in [2.45, 2.75) is 6.42 Å². The number of hydrogen-bond acceptors (Lipinski definition) is 3. The van der Waals surface area contributed by atoms with Crippen molar-refractivity contribution in [1.29, 1.82) is 0 Å². The van der Waals surface area contributed by atoms with Gasteiger partial charge in [0.15, 0.2) is 0 Å². The van der Waals surface area contributed by atoms with Crippen LogP contribution in [-0.4, -0.2) is 43.6 Å². The monoisotopic (exact) mass is 316 g/mol. The molecule has 2 aliphatic rings. The van der Waals surface area contributed by atoms with Gasteiger partial charge in [0.05, 0.1) is 5.92 Å². The highest BCUT2D eigenvalue weighted by Crippen LogP contribution is 2.30. The Hall–Kier alpha value is -0.970. The van der Waals surface area contributed by atoms with Crippen LogP contribution in [0.1, 0.15) is 5.56 Å². The van der Waals surface area contributed by atoms with Crippen LogP contribution in [0.15, 0.2) is 18.2 Å². The van der Waals surface area contributed by atoms with E-state index < -0.39 is 0 Å². The van der Waals surface area contributed by atoms with Crippen molar-refractivity contribution < 1.29 is 9.53 Å². The summed E-state index contributed by atoms with van der Waals surface area (Å²) in [6.07, 6.45) is 0.721. The lowest BCUT2D eigenvalue weighted by Crippen LogP contribution is -2.50. The van der Waals surface area contributed by atoms with Gasteiger partial charge < -0.3 is 15.0 Å². The maximum Gasteiger partial charge on any atom is 0.229 e. The summed E-state index contributed by atoms with van der Waals surface area (Å²) in [5, 5.41) is 3.95. The molecule has 2 heterocycles. The van der Waals surface area contributed by atoms with Gasteiger partial charge in [-0.05, 0) is 30.2 Å². The number of nitrogens with one attached hydrogen (secondary N) is 1. The van der Waals surface area contributed by atoms with E-state index in [-0.39, 0.29) is 24.2 Å². The second-order valence-electron chi connectivity index (χ2n) is 5.04. The van der Waals surface area contributed by atoms with E-state index in [0.29, 0.717) is 11.6 Å². The van der Waals surface area contributed by atoms with Crippen LogP contribution < -0.4 is 10.1 Å². The van der Waals surface area contributed by atoms with Gasteiger partial charge in [0.1, 0.15) is 12.4 Å². The number of nitrogens with zero attached hydrogens (tertiary/aromatic N) is 1. The molecule has 1 aromatic carbocycles. The average molecular weight is 317 g/mol. The molecule has 1 N–H and O–H groups in total. The van der Waals surface area contributed by atoms with Gasteiger partial charge in [-0.3, -0.25) is 4.79 Å². The normalized spacial score (nSPS) is 21.4. The molecule has 0 bridgehead atoms. The summed E-state index contributed by atoms with van der Waals surface area (Å²) in [6, 6.07) is 5.59. The van der Waals surface area contributed by atoms with Crippen molar-refractivity contribution in [3.05, 3.63) is 28.8 Å². The third-order valence-corrected chi connectivity index (χ3v) is 3.94. The number of amides is 1. The van der Waals surface area contributed by atoms with Gasteiger partial charge in [0.2, 0.25) is 5.91 Å². The second-order valence-corrected chi connectivity index (χ2v) is 5.48. The van der Waals surface area contributed by atoms with E-state index in [1.807, 2.05) is 23.1 Å². The van der Waals surface area contributed by atoms with Crippen LogP contribution in [0.5, 0.6) is 5.75 Å². The Bertz CT molecular complexity index is 490. The van der Waals surface area contributed by atoms with Crippen LogP contribution in [0.2, 0.25) is 5.02 Å². The number of piperazine rings is 1. The minimum atomic E-state index is -0.0796. The summed E-state index contributed by atoms with van der Waals surface area (Å²) in [7, 11) is 0. The van der Waals surface area contributed by atoms with Crippen LogP contribution in [0, 0.1) is 5.92 Å². The van der Waals surface area contributed by atoms with Crippen molar-refractivity contribution in [3.63, 3.8) is 0 Å². The lowest BCUT2D eigenvalue weighted by atomic mass is 9.95. The van der Waals surface area contributed by atoms with Gasteiger partial charge in [-0.15, -0.1) is 12.4 Å². The Morgan fingerprint density at radius 1 is 1.35 bits per heavy atom. The van der Waals surface area contributed by atoms with Gasteiger partial charge in [0, 0.05) is 31.2 Å². The molecule has 2 aliphatic heterocycles. The zero-order valence-corrected chi connectivity index (χ0v) is 12.7. The van der Waals surface area contributed by atoms with Gasteiger partial charge >= 0.3 is 0 Å². The van der Waals surface area contributed by atoms with Crippen molar-refractivity contribution >= 4 is 29.9 Å². The molecule has 0 aliphatic carbocycles. The number of fused-ring (bicyclic) bond motifs is 1. The third kappa shape index (κ3) is 3.19. The molecular formula is C14H18Cl2N2O2. The molecule has 3 rings (SSSR count). The lowest BCUT2D eigenvalue weighted by molar-refractivity contribution is -0.137. The molecule has 20 heavy (non-hydrogen) atoms. The number of benzene rings is 1. The van der Waals surface area contributed by atoms with Crippen molar-refractivity contribution in [2.75, 3.05) is 32.8 Å². The highest BCUT2D eigenvalue weighted by atomic mass is 35.5. The highest BCUT2D eigenvalue weighted by molar-refractivity contribution is 6.30. The fourth-order valence-electron chi connectivity index (χ4n) is 2.67. The second kappa shape index (κ2) is 6.66. The van der Waals surface area contributed by atoms with Crippen molar-refractivity contribution in [1.82, 2.24) is 10.2 Å². The SMILES string of the molecule is Cl.O=C(C1COc2ccc(Cl)cc2C1)N1CCNCC1. The predicted octanol–water partition coefficient (Wildman–Crippen LogP) is 1.74. The summed E-state index contributed by atoms with van der Waals surface area (Å²) in [6.45, 7) is 3.80. The zero-order valence-electron chi connectivity index (χ0n) is 11.1. The van der Waals surface area contributed by atoms with Crippen LogP contribution >= 0.6 is 24.0 Å². The first kappa shape index (κ1) is 15.4. The first-order chi connectivity index (χ1) is 9.24. The van der Waals surface area contributed by atoms with Gasteiger partial charge in [-0.1, -0.05) is 11.6 Å². The topological polar surface area (TPSA) is 41.6 Å². The van der Waals surface area contributed by atoms with E-state index in [4.69, 9.17) is 16.3 Å². The van der Waals surface area contributed by atoms with Gasteiger partial charge in [-0.25, -0.2) is 0 Å². The minimum absolute atomic E-state index is 0. The number of rotatable bonds is 1. The Morgan fingerprint density at radius 2 is 2.10 bits per heavy atom. The highest BCUT2D eigenvalue weighted by Gasteiger charge is 2.30. The number of carbonyl (C=O) groups is 1. The predicted molar refractivity (Wildman–Crippen MR) is 80.8 cm³/mol. The summed E-state index contributed by atoms with van der Waals surface area (Å²) < 4.78 is 5.68. The first-order valence-electron chi connectivity index (χ1n) is 6.65. The van der Waals surface area contributed by atoms with E-state index in [0.717, 1.165) is 43.9 Å². The molecule has 1 atom stereocenters. The minimum Gasteiger partial charge on any atom is -0.492 e. The van der Waals surface area contributed by atoms with Crippen molar-refractivity contribution in [3.8, 4) is 5.75 Å². The average Bonchev–Trinajstić information content (AvgIpc) is 2.46. The molecule has 0 aromatic heterocycles. The molecule has 0 saturated carbocycles. The van der Waals surface area contributed by atoms with E-state index in [1.165, 1.54) is 0 Å². The number of hydrogen-bond donors (Lipinski definition) is 1. The van der Waals surface area contributed by atoms with E-state index in [2.05, 4.69) is 5.32 Å². The standard InChI is InChI=1S/C14H17ClN2O2.ClH/c15-12-1-2-13-10(8-12)7-11(9-19-13)14(18)17-5-3-16-4-6-17;/h1-2,8,11,16H,3-7,9H2;1H. The fraction of sp³-hybridized carbons (Fsp3) is 0.500. The fourth-order valence-corrected chi connectivity index (χ4v) is 2.86. The quantitative estimate of drug-likeness (QED) is 0.858. The first-order valence-corrected chi connectivity index (χ1v) is 7.02. The summed E-state index contributed by atoms with van der Waals surface area (Å²) in [5.74, 6) is 0.977. The number of halogens is 2. The molecule has 1 fully saturated rings. The van der Waals surface area contributed by atoms with Crippen LogP contribution in [0.4, 0.5) is 0 Å². The number of carbonyl (C=O) groups excluding carboxylic acids is 1. The lowest BCUT2D eigenvalue weighted by Gasteiger charge is -2.33. The molecule has 1 saturated heterocycles. The van der Waals surface area contributed by atoms with Crippen LogP contribution in [-0.2, 0) is 11.2 Å². The Balaban J connectivity index is 0.00000147. The summed E-state index contributed by atoms with van der Waals surface area (Å²) in [4.78, 5) is 14.4. The molecule has 1 amide bonds. The molecule has 110 valence electrons. The zero-order chi connectivity index (χ0) is 13.2. The van der Waals surface area contributed by atoms with Gasteiger partial charge in [0.25, 0.3) is 0 Å². The summed E-state index contributed by atoms with van der Waals surface area (Å²) >= 11 is 5.99.